The van der Waals surface area contributed by atoms with Gasteiger partial charge in [0, 0.05) is 4.99 Å². The van der Waals surface area contributed by atoms with Crippen molar-refractivity contribution in [2.45, 2.75) is 45.6 Å². The fourth-order valence-corrected chi connectivity index (χ4v) is 3.20. The molecule has 23 heavy (non-hydrogen) atoms. The fraction of sp³-hybridized carbons (Fsp3) is 0.412. The van der Waals surface area contributed by atoms with Gasteiger partial charge < -0.3 is 9.47 Å². The van der Waals surface area contributed by atoms with Gasteiger partial charge in [0.2, 0.25) is 0 Å². The molecule has 0 N–H and O–H groups in total. The Balaban J connectivity index is 2.78. The van der Waals surface area contributed by atoms with Crippen molar-refractivity contribution in [2.75, 3.05) is 0 Å². The van der Waals surface area contributed by atoms with Crippen LogP contribution in [0.3, 0.4) is 0 Å². The normalized spacial score (nSPS) is 18.3. The molecule has 1 atom stereocenters. The summed E-state index contributed by atoms with van der Waals surface area (Å²) in [6.45, 7) is 4.00. The van der Waals surface area contributed by atoms with Crippen LogP contribution in [0.15, 0.2) is 45.1 Å². The lowest BCUT2D eigenvalue weighted by Gasteiger charge is -2.16. The van der Waals surface area contributed by atoms with E-state index in [2.05, 4.69) is 31.9 Å². The first-order valence-corrected chi connectivity index (χ1v) is 9.19. The molecule has 1 heterocycles. The number of cyclic esters (lactones) is 1. The van der Waals surface area contributed by atoms with E-state index in [1.54, 1.807) is 6.08 Å². The zero-order valence-corrected chi connectivity index (χ0v) is 16.4. The first kappa shape index (κ1) is 19.9. The highest BCUT2D eigenvalue weighted by molar-refractivity contribution is 9.12. The van der Waals surface area contributed by atoms with Crippen LogP contribution in [0, 0.1) is 0 Å². The smallest absolute Gasteiger partial charge is 0.344 e. The molecule has 1 aliphatic heterocycles. The third-order valence-electron chi connectivity index (χ3n) is 3.02. The molecule has 0 saturated carbocycles. The number of halogens is 2. The topological polar surface area (TPSA) is 52.6 Å². The predicted molar refractivity (Wildman–Crippen MR) is 97.0 cm³/mol. The van der Waals surface area contributed by atoms with Crippen molar-refractivity contribution in [3.8, 4) is 0 Å². The average molecular weight is 448 g/mol. The number of carbonyl (C=O) groups is 2. The molecule has 0 fully saturated rings. The van der Waals surface area contributed by atoms with Crippen molar-refractivity contribution in [1.82, 2.24) is 0 Å². The maximum atomic E-state index is 12.0. The van der Waals surface area contributed by atoms with Gasteiger partial charge in [0.15, 0.2) is 5.76 Å². The van der Waals surface area contributed by atoms with Crippen LogP contribution in [0.1, 0.15) is 39.5 Å². The van der Waals surface area contributed by atoms with E-state index in [0.29, 0.717) is 22.2 Å². The third kappa shape index (κ3) is 6.11. The molecule has 0 aromatic heterocycles. The summed E-state index contributed by atoms with van der Waals surface area (Å²) in [6, 6.07) is 0. The van der Waals surface area contributed by atoms with Crippen LogP contribution >= 0.6 is 31.9 Å². The summed E-state index contributed by atoms with van der Waals surface area (Å²) < 4.78 is 11.1. The number of allylic oxidation sites excluding steroid dienone is 4. The number of esters is 2. The molecule has 126 valence electrons. The van der Waals surface area contributed by atoms with E-state index < -0.39 is 12.1 Å². The summed E-state index contributed by atoms with van der Waals surface area (Å²) in [5.74, 6) is -0.483. The Morgan fingerprint density at radius 3 is 2.57 bits per heavy atom. The van der Waals surface area contributed by atoms with Gasteiger partial charge in [-0.2, -0.15) is 0 Å². The molecular weight excluding hydrogens is 428 g/mol. The molecule has 6 heteroatoms. The van der Waals surface area contributed by atoms with E-state index in [9.17, 15) is 9.59 Å². The van der Waals surface area contributed by atoms with E-state index in [4.69, 9.17) is 9.47 Å². The minimum Gasteiger partial charge on any atom is -0.457 e. The van der Waals surface area contributed by atoms with Crippen LogP contribution in [-0.2, 0) is 19.1 Å². The van der Waals surface area contributed by atoms with Crippen LogP contribution in [0.2, 0.25) is 0 Å². The maximum Gasteiger partial charge on any atom is 0.344 e. The highest BCUT2D eigenvalue weighted by Crippen LogP contribution is 2.35. The molecule has 0 saturated heterocycles. The van der Waals surface area contributed by atoms with E-state index in [1.165, 1.54) is 4.99 Å². The van der Waals surface area contributed by atoms with Crippen molar-refractivity contribution in [2.24, 2.45) is 0 Å². The molecule has 1 unspecified atom stereocenters. The van der Waals surface area contributed by atoms with Gasteiger partial charge in [-0.05, 0) is 28.8 Å². The second kappa shape index (κ2) is 10.6. The summed E-state index contributed by atoms with van der Waals surface area (Å²) in [5, 5.41) is 0. The van der Waals surface area contributed by atoms with Crippen LogP contribution in [0.4, 0.5) is 0 Å². The van der Waals surface area contributed by atoms with Gasteiger partial charge >= 0.3 is 11.9 Å². The van der Waals surface area contributed by atoms with Gasteiger partial charge in [-0.15, -0.1) is 0 Å². The second-order valence-electron chi connectivity index (χ2n) is 4.83. The Labute approximate surface area is 153 Å². The number of hydrogen-bond donors (Lipinski definition) is 0. The van der Waals surface area contributed by atoms with E-state index in [-0.39, 0.29) is 12.4 Å². The maximum absolute atomic E-state index is 12.0. The second-order valence-corrected chi connectivity index (χ2v) is 6.08. The third-order valence-corrected chi connectivity index (χ3v) is 4.26. The van der Waals surface area contributed by atoms with E-state index in [1.807, 2.05) is 32.1 Å². The first-order valence-electron chi connectivity index (χ1n) is 7.48. The standard InChI is InChI=1S/C17H20Br2O4/c1-3-5-6-7-8-10-14(20)22-12(9-4-2)15-16(19)13(11-18)23-17(15)21/h5-8,11-12H,3-4,9-10H2,1-2H3. The zero-order chi connectivity index (χ0) is 17.2. The number of rotatable bonds is 8. The van der Waals surface area contributed by atoms with Gasteiger partial charge in [0.25, 0.3) is 0 Å². The lowest BCUT2D eigenvalue weighted by Crippen LogP contribution is -2.23. The Bertz CT molecular complexity index is 559. The molecule has 0 spiro atoms. The lowest BCUT2D eigenvalue weighted by atomic mass is 10.1. The summed E-state index contributed by atoms with van der Waals surface area (Å²) in [4.78, 5) is 25.5. The van der Waals surface area contributed by atoms with Crippen LogP contribution in [0.5, 0.6) is 0 Å². The average Bonchev–Trinajstić information content (AvgIpc) is 2.81. The lowest BCUT2D eigenvalue weighted by molar-refractivity contribution is -0.147. The summed E-state index contributed by atoms with van der Waals surface area (Å²) >= 11 is 6.47. The van der Waals surface area contributed by atoms with Gasteiger partial charge in [-0.25, -0.2) is 4.79 Å². The quantitative estimate of drug-likeness (QED) is 0.385. The molecule has 1 rings (SSSR count). The molecule has 0 radical (unpaired) electrons. The SMILES string of the molecule is CCC=CC=CCC(=O)OC(CCC)C1=C(Br)C(=CBr)OC1=O. The van der Waals surface area contributed by atoms with Crippen molar-refractivity contribution in [3.05, 3.63) is 45.1 Å². The van der Waals surface area contributed by atoms with Gasteiger partial charge in [-0.3, -0.25) is 4.79 Å². The highest BCUT2D eigenvalue weighted by atomic mass is 79.9. The van der Waals surface area contributed by atoms with Crippen molar-refractivity contribution >= 4 is 43.8 Å². The Hall–Kier alpha value is -1.14. The van der Waals surface area contributed by atoms with Gasteiger partial charge in [0.1, 0.15) is 6.10 Å². The minimum atomic E-state index is -0.612. The Morgan fingerprint density at radius 2 is 2.00 bits per heavy atom. The van der Waals surface area contributed by atoms with Gasteiger partial charge in [-0.1, -0.05) is 60.5 Å². The van der Waals surface area contributed by atoms with Crippen LogP contribution in [0.25, 0.3) is 0 Å². The van der Waals surface area contributed by atoms with Gasteiger partial charge in [0.05, 0.1) is 16.5 Å². The summed E-state index contributed by atoms with van der Waals surface area (Å²) in [6.07, 6.45) is 9.25. The van der Waals surface area contributed by atoms with Crippen LogP contribution < -0.4 is 0 Å². The summed E-state index contributed by atoms with van der Waals surface area (Å²) in [7, 11) is 0. The summed E-state index contributed by atoms with van der Waals surface area (Å²) in [5.41, 5.74) is 0.348. The molecular formula is C17H20Br2O4. The van der Waals surface area contributed by atoms with E-state index >= 15 is 0 Å². The van der Waals surface area contributed by atoms with Crippen LogP contribution in [-0.4, -0.2) is 18.0 Å². The van der Waals surface area contributed by atoms with Crippen molar-refractivity contribution in [3.63, 3.8) is 0 Å². The highest BCUT2D eigenvalue weighted by Gasteiger charge is 2.35. The minimum absolute atomic E-state index is 0.162. The zero-order valence-electron chi connectivity index (χ0n) is 13.2. The predicted octanol–water partition coefficient (Wildman–Crippen LogP) is 5.05. The Kier molecular flexibility index (Phi) is 9.17. The largest absolute Gasteiger partial charge is 0.457 e. The molecule has 1 aliphatic rings. The Morgan fingerprint density at radius 1 is 1.30 bits per heavy atom. The molecule has 4 nitrogen and oxygen atoms in total. The number of hydrogen-bond acceptors (Lipinski definition) is 4. The van der Waals surface area contributed by atoms with Crippen molar-refractivity contribution in [1.29, 1.82) is 0 Å². The molecule has 0 aromatic rings. The molecule has 0 aromatic carbocycles. The molecule has 0 bridgehead atoms. The molecule has 0 aliphatic carbocycles. The van der Waals surface area contributed by atoms with E-state index in [0.717, 1.165) is 12.8 Å². The van der Waals surface area contributed by atoms with Crippen molar-refractivity contribution < 1.29 is 19.1 Å². The number of ether oxygens (including phenoxy) is 2. The monoisotopic (exact) mass is 446 g/mol. The first-order chi connectivity index (χ1) is 11.0. The molecule has 0 amide bonds. The fourth-order valence-electron chi connectivity index (χ4n) is 1.95. The number of carbonyl (C=O) groups excluding carboxylic acids is 2.